The number of sulfone groups is 1. The van der Waals surface area contributed by atoms with Crippen molar-refractivity contribution in [3.63, 3.8) is 0 Å². The molecule has 0 radical (unpaired) electrons. The molecule has 2 heterocycles. The van der Waals surface area contributed by atoms with E-state index in [0.717, 1.165) is 17.6 Å². The lowest BCUT2D eigenvalue weighted by Gasteiger charge is -2.05. The van der Waals surface area contributed by atoms with Crippen molar-refractivity contribution in [1.82, 2.24) is 9.55 Å². The maximum atomic E-state index is 11.5. The van der Waals surface area contributed by atoms with E-state index in [0.29, 0.717) is 27.2 Å². The minimum atomic E-state index is -3.17. The summed E-state index contributed by atoms with van der Waals surface area (Å²) in [7, 11) is -3.17. The number of carboxylic acids is 1. The van der Waals surface area contributed by atoms with Gasteiger partial charge in [-0.2, -0.15) is 0 Å². The van der Waals surface area contributed by atoms with E-state index in [9.17, 15) is 18.3 Å². The van der Waals surface area contributed by atoms with Gasteiger partial charge in [-0.15, -0.1) is 11.3 Å². The second kappa shape index (κ2) is 5.60. The molecule has 0 spiro atoms. The van der Waals surface area contributed by atoms with Gasteiger partial charge in [-0.05, 0) is 24.6 Å². The van der Waals surface area contributed by atoms with Crippen LogP contribution in [0.3, 0.4) is 0 Å². The van der Waals surface area contributed by atoms with E-state index in [1.807, 2.05) is 0 Å². The zero-order chi connectivity index (χ0) is 17.6. The molecule has 2 N–H and O–H groups in total. The first-order valence-corrected chi connectivity index (χ1v) is 9.75. The lowest BCUT2D eigenvalue weighted by Crippen LogP contribution is -2.01. The molecule has 9 heteroatoms. The molecule has 0 aliphatic rings. The van der Waals surface area contributed by atoms with Gasteiger partial charge in [-0.1, -0.05) is 6.07 Å². The Morgan fingerprint density at radius 2 is 2.08 bits per heavy atom. The summed E-state index contributed by atoms with van der Waals surface area (Å²) < 4.78 is 24.6. The van der Waals surface area contributed by atoms with E-state index in [1.54, 1.807) is 29.7 Å². The van der Waals surface area contributed by atoms with E-state index in [-0.39, 0.29) is 16.4 Å². The summed E-state index contributed by atoms with van der Waals surface area (Å²) in [6, 6.07) is 5.12. The van der Waals surface area contributed by atoms with Gasteiger partial charge in [-0.3, -0.25) is 4.57 Å². The molecule has 0 saturated heterocycles. The summed E-state index contributed by atoms with van der Waals surface area (Å²) in [6.45, 7) is 1.62. The highest BCUT2D eigenvalue weighted by atomic mass is 32.2. The monoisotopic (exact) mass is 366 g/mol. The molecule has 3 aromatic rings. The molecule has 126 valence electrons. The van der Waals surface area contributed by atoms with Crippen molar-refractivity contribution in [2.45, 2.75) is 12.7 Å². The smallest absolute Gasteiger partial charge is 0.349 e. The molecule has 0 unspecified atom stereocenters. The highest BCUT2D eigenvalue weighted by Gasteiger charge is 2.21. The average Bonchev–Trinajstić information content (AvgIpc) is 3.00. The molecular formula is C15H14N2O5S2. The van der Waals surface area contributed by atoms with Crippen molar-refractivity contribution >= 4 is 38.2 Å². The van der Waals surface area contributed by atoms with Crippen LogP contribution in [-0.4, -0.2) is 40.4 Å². The molecule has 24 heavy (non-hydrogen) atoms. The number of nitrogens with zero attached hydrogens (tertiary/aromatic N) is 2. The Bertz CT molecular complexity index is 1060. The van der Waals surface area contributed by atoms with Crippen molar-refractivity contribution < 1.29 is 23.4 Å². The molecule has 0 bridgehead atoms. The van der Waals surface area contributed by atoms with Crippen LogP contribution in [0.4, 0.5) is 0 Å². The van der Waals surface area contributed by atoms with Crippen LogP contribution in [0.2, 0.25) is 0 Å². The van der Waals surface area contributed by atoms with Crippen molar-refractivity contribution in [3.05, 3.63) is 40.5 Å². The van der Waals surface area contributed by atoms with Gasteiger partial charge in [0.25, 0.3) is 0 Å². The summed E-state index contributed by atoms with van der Waals surface area (Å²) in [6.07, 6.45) is 2.69. The molecule has 7 nitrogen and oxygen atoms in total. The topological polar surface area (TPSA) is 109 Å². The third kappa shape index (κ3) is 2.87. The third-order valence-electron chi connectivity index (χ3n) is 3.54. The Morgan fingerprint density at radius 3 is 2.67 bits per heavy atom. The van der Waals surface area contributed by atoms with Crippen LogP contribution in [0.25, 0.3) is 16.0 Å². The van der Waals surface area contributed by atoms with Crippen LogP contribution in [0, 0.1) is 6.92 Å². The van der Waals surface area contributed by atoms with Gasteiger partial charge in [0.1, 0.15) is 17.1 Å². The molecule has 0 aliphatic carbocycles. The third-order valence-corrected chi connectivity index (χ3v) is 5.67. The van der Waals surface area contributed by atoms with Gasteiger partial charge < -0.3 is 10.2 Å². The van der Waals surface area contributed by atoms with E-state index in [1.165, 1.54) is 6.33 Å². The number of thiophene rings is 1. The highest BCUT2D eigenvalue weighted by molar-refractivity contribution is 7.89. The Morgan fingerprint density at radius 1 is 1.38 bits per heavy atom. The van der Waals surface area contributed by atoms with Gasteiger partial charge in [0.15, 0.2) is 14.7 Å². The quantitative estimate of drug-likeness (QED) is 0.733. The number of aromatic nitrogens is 2. The van der Waals surface area contributed by atoms with Gasteiger partial charge in [0.05, 0.1) is 16.8 Å². The normalized spacial score (nSPS) is 11.9. The number of aromatic carboxylic acids is 1. The van der Waals surface area contributed by atoms with Crippen LogP contribution in [0.5, 0.6) is 5.75 Å². The zero-order valence-corrected chi connectivity index (χ0v) is 14.5. The van der Waals surface area contributed by atoms with E-state index < -0.39 is 15.8 Å². The van der Waals surface area contributed by atoms with Gasteiger partial charge in [0, 0.05) is 11.8 Å². The number of rotatable bonds is 4. The van der Waals surface area contributed by atoms with Crippen LogP contribution < -0.4 is 0 Å². The lowest BCUT2D eigenvalue weighted by molar-refractivity contribution is 0.0699. The summed E-state index contributed by atoms with van der Waals surface area (Å²) in [5.41, 5.74) is 2.35. The average molecular weight is 366 g/mol. The van der Waals surface area contributed by atoms with Crippen LogP contribution in [0.1, 0.15) is 20.8 Å². The SMILES string of the molecule is Cc1c(-n2cnc3ccc(CS(C)(=O)=O)cc32)sc(C(=O)O)c1O. The first-order valence-electron chi connectivity index (χ1n) is 6.87. The fourth-order valence-corrected chi connectivity index (χ4v) is 4.28. The van der Waals surface area contributed by atoms with Gasteiger partial charge >= 0.3 is 5.97 Å². The van der Waals surface area contributed by atoms with Crippen LogP contribution in [-0.2, 0) is 15.6 Å². The van der Waals surface area contributed by atoms with E-state index in [4.69, 9.17) is 5.11 Å². The fourth-order valence-electron chi connectivity index (χ4n) is 2.48. The molecule has 1 aromatic carbocycles. The first-order chi connectivity index (χ1) is 11.2. The Kier molecular flexibility index (Phi) is 3.84. The van der Waals surface area contributed by atoms with Crippen molar-refractivity contribution in [2.24, 2.45) is 0 Å². The van der Waals surface area contributed by atoms with Gasteiger partial charge in [-0.25, -0.2) is 18.2 Å². The Hall–Kier alpha value is -2.39. The summed E-state index contributed by atoms with van der Waals surface area (Å²) in [4.78, 5) is 15.3. The standard InChI is InChI=1S/C15H14N2O5S2/c1-8-12(18)13(15(19)20)23-14(8)17-7-16-10-4-3-9(5-11(10)17)6-24(2,21)22/h3-5,7,18H,6H2,1-2H3,(H,19,20). The number of carboxylic acid groups (broad SMARTS) is 1. The minimum Gasteiger partial charge on any atom is -0.506 e. The van der Waals surface area contributed by atoms with E-state index >= 15 is 0 Å². The molecule has 0 saturated carbocycles. The molecule has 0 aliphatic heterocycles. The maximum Gasteiger partial charge on any atom is 0.349 e. The molecule has 0 amide bonds. The largest absolute Gasteiger partial charge is 0.506 e. The fraction of sp³-hybridized carbons (Fsp3) is 0.200. The number of aromatic hydroxyl groups is 1. The maximum absolute atomic E-state index is 11.5. The predicted molar refractivity (Wildman–Crippen MR) is 90.9 cm³/mol. The Balaban J connectivity index is 2.19. The van der Waals surface area contributed by atoms with E-state index in [2.05, 4.69) is 4.98 Å². The van der Waals surface area contributed by atoms with Crippen molar-refractivity contribution in [1.29, 1.82) is 0 Å². The molecular weight excluding hydrogens is 352 g/mol. The van der Waals surface area contributed by atoms with Gasteiger partial charge in [0.2, 0.25) is 0 Å². The number of benzene rings is 1. The number of imidazole rings is 1. The Labute approximate surface area is 141 Å². The number of carbonyl (C=O) groups is 1. The van der Waals surface area contributed by atoms with Crippen LogP contribution >= 0.6 is 11.3 Å². The molecule has 2 aromatic heterocycles. The first kappa shape index (κ1) is 16.5. The van der Waals surface area contributed by atoms with Crippen molar-refractivity contribution in [2.75, 3.05) is 6.26 Å². The molecule has 0 atom stereocenters. The summed E-state index contributed by atoms with van der Waals surface area (Å²) in [5.74, 6) is -1.56. The summed E-state index contributed by atoms with van der Waals surface area (Å²) >= 11 is 0.941. The number of hydrogen-bond acceptors (Lipinski definition) is 6. The number of hydrogen-bond donors (Lipinski definition) is 2. The summed E-state index contributed by atoms with van der Waals surface area (Å²) in [5, 5.41) is 19.7. The number of fused-ring (bicyclic) bond motifs is 1. The molecule has 3 rings (SSSR count). The lowest BCUT2D eigenvalue weighted by atomic mass is 10.2. The van der Waals surface area contributed by atoms with Crippen molar-refractivity contribution in [3.8, 4) is 10.8 Å². The zero-order valence-electron chi connectivity index (χ0n) is 12.8. The minimum absolute atomic E-state index is 0.0941. The predicted octanol–water partition coefficient (Wildman–Crippen LogP) is 2.34. The van der Waals surface area contributed by atoms with Crippen LogP contribution in [0.15, 0.2) is 24.5 Å². The highest BCUT2D eigenvalue weighted by Crippen LogP contribution is 2.37. The second-order valence-electron chi connectivity index (χ2n) is 5.52. The second-order valence-corrected chi connectivity index (χ2v) is 8.66. The molecule has 0 fully saturated rings.